The molecule has 118 valence electrons. The van der Waals surface area contributed by atoms with Crippen molar-refractivity contribution in [3.63, 3.8) is 0 Å². The second-order valence-corrected chi connectivity index (χ2v) is 7.55. The average Bonchev–Trinajstić information content (AvgIpc) is 3.06. The monoisotopic (exact) mass is 340 g/mol. The second kappa shape index (κ2) is 5.62. The van der Waals surface area contributed by atoms with Gasteiger partial charge in [0.15, 0.2) is 0 Å². The van der Waals surface area contributed by atoms with Crippen LogP contribution < -0.4 is 4.72 Å². The van der Waals surface area contributed by atoms with Crippen LogP contribution in [0.3, 0.4) is 0 Å². The van der Waals surface area contributed by atoms with Gasteiger partial charge in [0.05, 0.1) is 23.0 Å². The largest absolute Gasteiger partial charge is 0.390 e. The second-order valence-electron chi connectivity index (χ2n) is 5.53. The fourth-order valence-electron chi connectivity index (χ4n) is 2.47. The number of benzene rings is 1. The van der Waals surface area contributed by atoms with Crippen molar-refractivity contribution in [1.82, 2.24) is 4.98 Å². The van der Waals surface area contributed by atoms with E-state index in [-0.39, 0.29) is 12.0 Å². The van der Waals surface area contributed by atoms with E-state index in [9.17, 15) is 8.42 Å². The number of rotatable bonds is 6. The lowest BCUT2D eigenvalue weighted by atomic mass is 9.97. The van der Waals surface area contributed by atoms with E-state index in [0.717, 1.165) is 29.8 Å². The van der Waals surface area contributed by atoms with Gasteiger partial charge in [0.1, 0.15) is 0 Å². The number of hydrogen-bond donors (Lipinski definition) is 3. The molecule has 1 heterocycles. The molecule has 0 radical (unpaired) electrons. The minimum atomic E-state index is -4.24. The summed E-state index contributed by atoms with van der Waals surface area (Å²) in [6, 6.07) is 6.93. The molecule has 1 aliphatic carbocycles. The number of nitrogens with zero attached hydrogens (tertiary/aromatic N) is 1. The van der Waals surface area contributed by atoms with E-state index in [1.54, 1.807) is 23.5 Å². The minimum Gasteiger partial charge on any atom is -0.390 e. The predicted molar refractivity (Wildman–Crippen MR) is 84.3 cm³/mol. The zero-order valence-corrected chi connectivity index (χ0v) is 13.3. The summed E-state index contributed by atoms with van der Waals surface area (Å²) in [6.07, 6.45) is 2.96. The highest BCUT2D eigenvalue weighted by Crippen LogP contribution is 2.51. The summed E-state index contributed by atoms with van der Waals surface area (Å²) in [4.78, 5) is 4.47. The van der Waals surface area contributed by atoms with Crippen LogP contribution in [-0.2, 0) is 28.7 Å². The Morgan fingerprint density at radius 3 is 2.45 bits per heavy atom. The van der Waals surface area contributed by atoms with Gasteiger partial charge in [-0.3, -0.25) is 9.27 Å². The summed E-state index contributed by atoms with van der Waals surface area (Å²) in [5, 5.41) is 12.1. The molecule has 0 amide bonds. The highest BCUT2D eigenvalue weighted by Gasteiger charge is 2.46. The van der Waals surface area contributed by atoms with Crippen molar-refractivity contribution >= 4 is 27.3 Å². The first-order chi connectivity index (χ1) is 10.4. The third-order valence-corrected chi connectivity index (χ3v) is 5.40. The maximum absolute atomic E-state index is 10.8. The fraction of sp³-hybridized carbons (Fsp3) is 0.357. The van der Waals surface area contributed by atoms with Crippen molar-refractivity contribution < 1.29 is 18.1 Å². The summed E-state index contributed by atoms with van der Waals surface area (Å²) in [7, 11) is -4.24. The van der Waals surface area contributed by atoms with Crippen LogP contribution in [-0.4, -0.2) is 23.1 Å². The van der Waals surface area contributed by atoms with Crippen LogP contribution in [0.1, 0.15) is 29.1 Å². The maximum atomic E-state index is 10.8. The van der Waals surface area contributed by atoms with Gasteiger partial charge in [-0.2, -0.15) is 8.42 Å². The van der Waals surface area contributed by atoms with E-state index in [1.807, 2.05) is 22.2 Å². The molecule has 0 unspecified atom stereocenters. The van der Waals surface area contributed by atoms with E-state index in [2.05, 4.69) is 4.98 Å². The molecule has 22 heavy (non-hydrogen) atoms. The molecule has 1 aromatic heterocycles. The van der Waals surface area contributed by atoms with Crippen LogP contribution in [0.5, 0.6) is 0 Å². The minimum absolute atomic E-state index is 0.0391. The van der Waals surface area contributed by atoms with Crippen molar-refractivity contribution in [3.05, 3.63) is 45.9 Å². The molecule has 1 saturated carbocycles. The summed E-state index contributed by atoms with van der Waals surface area (Å²) >= 11 is 1.58. The Morgan fingerprint density at radius 2 is 1.95 bits per heavy atom. The Labute approximate surface area is 132 Å². The number of aliphatic hydroxyl groups excluding tert-OH is 1. The Hall–Kier alpha value is -1.48. The standard InChI is InChI=1S/C14H16N2O4S2/c17-8-12-9-21-13(15-12)14(5-6-14)7-10-1-3-11(4-2-10)16-22(18,19)20/h1-4,9,16-17H,5-8H2,(H,18,19,20). The third kappa shape index (κ3) is 3.46. The van der Waals surface area contributed by atoms with Crippen LogP contribution in [0.2, 0.25) is 0 Å². The van der Waals surface area contributed by atoms with Gasteiger partial charge < -0.3 is 5.11 Å². The molecule has 6 nitrogen and oxygen atoms in total. The van der Waals surface area contributed by atoms with Crippen molar-refractivity contribution in [2.75, 3.05) is 4.72 Å². The first-order valence-corrected chi connectivity index (χ1v) is 9.12. The first-order valence-electron chi connectivity index (χ1n) is 6.80. The van der Waals surface area contributed by atoms with Gasteiger partial charge >= 0.3 is 10.3 Å². The average molecular weight is 340 g/mol. The SMILES string of the molecule is O=S(=O)(O)Nc1ccc(CC2(c3nc(CO)cs3)CC2)cc1. The molecule has 0 aliphatic heterocycles. The van der Waals surface area contributed by atoms with Crippen molar-refractivity contribution in [2.45, 2.75) is 31.3 Å². The van der Waals surface area contributed by atoms with Crippen LogP contribution in [0, 0.1) is 0 Å². The molecular formula is C14H16N2O4S2. The van der Waals surface area contributed by atoms with Gasteiger partial charge in [0, 0.05) is 10.8 Å². The van der Waals surface area contributed by atoms with Crippen LogP contribution in [0.15, 0.2) is 29.6 Å². The lowest BCUT2D eigenvalue weighted by Gasteiger charge is -2.12. The number of thiazole rings is 1. The molecule has 1 fully saturated rings. The lowest BCUT2D eigenvalue weighted by Crippen LogP contribution is -2.12. The van der Waals surface area contributed by atoms with Crippen LogP contribution >= 0.6 is 11.3 Å². The molecular weight excluding hydrogens is 324 g/mol. The zero-order valence-electron chi connectivity index (χ0n) is 11.7. The lowest BCUT2D eigenvalue weighted by molar-refractivity contribution is 0.277. The van der Waals surface area contributed by atoms with Crippen molar-refractivity contribution in [3.8, 4) is 0 Å². The van der Waals surface area contributed by atoms with E-state index in [4.69, 9.17) is 9.66 Å². The summed E-state index contributed by atoms with van der Waals surface area (Å²) in [5.41, 5.74) is 2.17. The molecule has 0 bridgehead atoms. The summed E-state index contributed by atoms with van der Waals surface area (Å²) in [6.45, 7) is -0.0391. The van der Waals surface area contributed by atoms with Crippen molar-refractivity contribution in [2.24, 2.45) is 0 Å². The summed E-state index contributed by atoms with van der Waals surface area (Å²) in [5.74, 6) is 0. The summed E-state index contributed by atoms with van der Waals surface area (Å²) < 4.78 is 32.3. The molecule has 3 N–H and O–H groups in total. The molecule has 0 atom stereocenters. The zero-order chi connectivity index (χ0) is 15.8. The number of nitrogens with one attached hydrogen (secondary N) is 1. The van der Waals surface area contributed by atoms with Crippen molar-refractivity contribution in [1.29, 1.82) is 0 Å². The van der Waals surface area contributed by atoms with Gasteiger partial charge in [-0.1, -0.05) is 12.1 Å². The first kappa shape index (κ1) is 15.4. The number of hydrogen-bond acceptors (Lipinski definition) is 5. The molecule has 3 rings (SSSR count). The van der Waals surface area contributed by atoms with Gasteiger partial charge in [-0.05, 0) is 37.0 Å². The Balaban J connectivity index is 1.73. The predicted octanol–water partition coefficient (Wildman–Crippen LogP) is 2.12. The van der Waals surface area contributed by atoms with Crippen LogP contribution in [0.4, 0.5) is 5.69 Å². The van der Waals surface area contributed by atoms with E-state index >= 15 is 0 Å². The number of anilines is 1. The molecule has 0 spiro atoms. The molecule has 0 saturated heterocycles. The molecule has 1 aliphatic rings. The van der Waals surface area contributed by atoms with E-state index < -0.39 is 10.3 Å². The molecule has 2 aromatic rings. The normalized spacial score (nSPS) is 16.5. The Kier molecular flexibility index (Phi) is 3.94. The highest BCUT2D eigenvalue weighted by molar-refractivity contribution is 7.87. The Morgan fingerprint density at radius 1 is 1.27 bits per heavy atom. The van der Waals surface area contributed by atoms with E-state index in [0.29, 0.717) is 11.4 Å². The number of aliphatic hydroxyl groups is 1. The molecule has 8 heteroatoms. The molecule has 1 aromatic carbocycles. The van der Waals surface area contributed by atoms with E-state index in [1.165, 1.54) is 0 Å². The van der Waals surface area contributed by atoms with Gasteiger partial charge in [0.2, 0.25) is 0 Å². The third-order valence-electron chi connectivity index (χ3n) is 3.76. The maximum Gasteiger partial charge on any atom is 0.357 e. The number of aromatic nitrogens is 1. The van der Waals surface area contributed by atoms with Crippen LogP contribution in [0.25, 0.3) is 0 Å². The Bertz CT molecular complexity index is 764. The topological polar surface area (TPSA) is 99.5 Å². The smallest absolute Gasteiger partial charge is 0.357 e. The fourth-order valence-corrected chi connectivity index (χ4v) is 3.98. The quantitative estimate of drug-likeness (QED) is 0.700. The van der Waals surface area contributed by atoms with Gasteiger partial charge in [-0.15, -0.1) is 11.3 Å². The highest BCUT2D eigenvalue weighted by atomic mass is 32.2. The van der Waals surface area contributed by atoms with Gasteiger partial charge in [0.25, 0.3) is 0 Å². The van der Waals surface area contributed by atoms with Gasteiger partial charge in [-0.25, -0.2) is 4.98 Å².